The number of hydrogen-bond acceptors (Lipinski definition) is 7. The molecule has 0 amide bonds. The summed E-state index contributed by atoms with van der Waals surface area (Å²) in [5, 5.41) is 4.94. The Morgan fingerprint density at radius 2 is 2.00 bits per heavy atom. The molecule has 0 unspecified atom stereocenters. The average Bonchev–Trinajstić information content (AvgIpc) is 3.39. The van der Waals surface area contributed by atoms with Crippen molar-refractivity contribution in [1.29, 1.82) is 0 Å². The van der Waals surface area contributed by atoms with Crippen molar-refractivity contribution in [2.45, 2.75) is 25.2 Å². The summed E-state index contributed by atoms with van der Waals surface area (Å²) in [7, 11) is 0. The molecule has 1 aliphatic heterocycles. The van der Waals surface area contributed by atoms with Crippen LogP contribution in [-0.2, 0) is 9.53 Å². The SMILES string of the molecule is O=C(C=CC(F)(F)CCCCN1CCOCC1)Oc1ccc2ncnc(Nc3ccc4[nH]ccc4c3)c2c1. The van der Waals surface area contributed by atoms with Gasteiger partial charge in [0.1, 0.15) is 17.9 Å². The second-order valence-electron chi connectivity index (χ2n) is 9.23. The van der Waals surface area contributed by atoms with Crippen LogP contribution < -0.4 is 10.1 Å². The molecule has 0 spiro atoms. The molecule has 5 rings (SSSR count). The minimum atomic E-state index is -3.08. The number of esters is 1. The summed E-state index contributed by atoms with van der Waals surface area (Å²) in [5.74, 6) is -3.22. The maximum Gasteiger partial charge on any atom is 0.336 e. The number of nitrogens with one attached hydrogen (secondary N) is 2. The van der Waals surface area contributed by atoms with E-state index in [0.29, 0.717) is 48.9 Å². The fraction of sp³-hybridized carbons (Fsp3) is 0.321. The van der Waals surface area contributed by atoms with E-state index < -0.39 is 11.9 Å². The molecule has 1 aliphatic rings. The maximum atomic E-state index is 14.3. The number of halogens is 2. The molecule has 0 bridgehead atoms. The minimum Gasteiger partial charge on any atom is -0.423 e. The lowest BCUT2D eigenvalue weighted by molar-refractivity contribution is -0.129. The minimum absolute atomic E-state index is 0.208. The van der Waals surface area contributed by atoms with Crippen LogP contribution in [0.15, 0.2) is 67.1 Å². The lowest BCUT2D eigenvalue weighted by Gasteiger charge is -2.26. The molecule has 10 heteroatoms. The maximum absolute atomic E-state index is 14.3. The highest BCUT2D eigenvalue weighted by Crippen LogP contribution is 2.28. The van der Waals surface area contributed by atoms with Crippen molar-refractivity contribution < 1.29 is 23.0 Å². The van der Waals surface area contributed by atoms with E-state index in [-0.39, 0.29) is 12.2 Å². The van der Waals surface area contributed by atoms with Gasteiger partial charge in [-0.15, -0.1) is 0 Å². The van der Waals surface area contributed by atoms with Crippen molar-refractivity contribution in [3.05, 3.63) is 67.1 Å². The number of aromatic nitrogens is 3. The van der Waals surface area contributed by atoms with Crippen molar-refractivity contribution in [3.8, 4) is 5.75 Å². The number of morpholine rings is 1. The van der Waals surface area contributed by atoms with Gasteiger partial charge in [0.05, 0.1) is 18.7 Å². The van der Waals surface area contributed by atoms with Gasteiger partial charge >= 0.3 is 5.97 Å². The van der Waals surface area contributed by atoms with Crippen molar-refractivity contribution in [2.75, 3.05) is 38.2 Å². The third-order valence-corrected chi connectivity index (χ3v) is 6.44. The smallest absolute Gasteiger partial charge is 0.336 e. The number of unbranched alkanes of at least 4 members (excludes halogenated alkanes) is 1. The van der Waals surface area contributed by atoms with Crippen LogP contribution in [0.2, 0.25) is 0 Å². The zero-order valence-electron chi connectivity index (χ0n) is 20.8. The van der Waals surface area contributed by atoms with E-state index in [1.165, 1.54) is 6.33 Å². The van der Waals surface area contributed by atoms with Crippen LogP contribution in [0.4, 0.5) is 20.3 Å². The van der Waals surface area contributed by atoms with Gasteiger partial charge in [0.25, 0.3) is 5.92 Å². The number of benzene rings is 2. The summed E-state index contributed by atoms with van der Waals surface area (Å²) in [6.45, 7) is 3.82. The van der Waals surface area contributed by atoms with Gasteiger partial charge in [-0.1, -0.05) is 0 Å². The number of nitrogens with zero attached hydrogens (tertiary/aromatic N) is 3. The van der Waals surface area contributed by atoms with Crippen LogP contribution >= 0.6 is 0 Å². The van der Waals surface area contributed by atoms with Gasteiger partial charge in [-0.25, -0.2) is 23.5 Å². The number of hydrogen-bond donors (Lipinski definition) is 2. The molecule has 3 heterocycles. The Labute approximate surface area is 218 Å². The van der Waals surface area contributed by atoms with Crippen LogP contribution in [0.5, 0.6) is 5.75 Å². The summed E-state index contributed by atoms with van der Waals surface area (Å²) in [6, 6.07) is 12.7. The van der Waals surface area contributed by atoms with E-state index in [1.807, 2.05) is 30.5 Å². The predicted molar refractivity (Wildman–Crippen MR) is 142 cm³/mol. The Bertz CT molecular complexity index is 1430. The summed E-state index contributed by atoms with van der Waals surface area (Å²) in [4.78, 5) is 26.3. The molecule has 2 N–H and O–H groups in total. The van der Waals surface area contributed by atoms with Crippen LogP contribution in [0.1, 0.15) is 19.3 Å². The number of allylic oxidation sites excluding steroid dienone is 1. The molecular weight excluding hydrogens is 492 g/mol. The number of rotatable bonds is 10. The Balaban J connectivity index is 1.19. The van der Waals surface area contributed by atoms with E-state index in [4.69, 9.17) is 9.47 Å². The summed E-state index contributed by atoms with van der Waals surface area (Å²) in [5.41, 5.74) is 2.49. The number of anilines is 2. The molecule has 1 fully saturated rings. The predicted octanol–water partition coefficient (Wildman–Crippen LogP) is 5.45. The molecular formula is C28H29F2N5O3. The highest BCUT2D eigenvalue weighted by atomic mass is 19.3. The quantitative estimate of drug-likeness (QED) is 0.124. The van der Waals surface area contributed by atoms with E-state index in [9.17, 15) is 13.6 Å². The van der Waals surface area contributed by atoms with E-state index in [2.05, 4.69) is 25.2 Å². The Morgan fingerprint density at radius 3 is 2.87 bits per heavy atom. The molecule has 0 atom stereocenters. The normalized spacial score (nSPS) is 14.9. The van der Waals surface area contributed by atoms with Crippen molar-refractivity contribution in [3.63, 3.8) is 0 Å². The van der Waals surface area contributed by atoms with Crippen LogP contribution in [0.3, 0.4) is 0 Å². The summed E-state index contributed by atoms with van der Waals surface area (Å²) >= 11 is 0. The number of carbonyl (C=O) groups excluding carboxylic acids is 1. The van der Waals surface area contributed by atoms with E-state index >= 15 is 0 Å². The van der Waals surface area contributed by atoms with Gasteiger partial charge < -0.3 is 19.8 Å². The highest BCUT2D eigenvalue weighted by Gasteiger charge is 2.25. The Hall–Kier alpha value is -3.89. The number of ether oxygens (including phenoxy) is 2. The molecule has 0 radical (unpaired) electrons. The first-order chi connectivity index (χ1) is 18.4. The second kappa shape index (κ2) is 11.7. The van der Waals surface area contributed by atoms with Gasteiger partial charge in [-0.05, 0) is 67.9 Å². The van der Waals surface area contributed by atoms with Gasteiger partial charge in [-0.2, -0.15) is 0 Å². The molecule has 38 heavy (non-hydrogen) atoms. The van der Waals surface area contributed by atoms with Crippen molar-refractivity contribution in [1.82, 2.24) is 19.9 Å². The number of fused-ring (bicyclic) bond motifs is 2. The second-order valence-corrected chi connectivity index (χ2v) is 9.23. The van der Waals surface area contributed by atoms with Crippen molar-refractivity contribution in [2.24, 2.45) is 0 Å². The topological polar surface area (TPSA) is 92.4 Å². The van der Waals surface area contributed by atoms with Gasteiger partial charge in [0.15, 0.2) is 0 Å². The first-order valence-corrected chi connectivity index (χ1v) is 12.6. The first kappa shape index (κ1) is 25.7. The summed E-state index contributed by atoms with van der Waals surface area (Å²) < 4.78 is 39.2. The molecule has 1 saturated heterocycles. The largest absolute Gasteiger partial charge is 0.423 e. The van der Waals surface area contributed by atoms with E-state index in [1.54, 1.807) is 18.2 Å². The number of H-pyrrole nitrogens is 1. The molecule has 198 valence electrons. The van der Waals surface area contributed by atoms with Gasteiger partial charge in [0.2, 0.25) is 0 Å². The van der Waals surface area contributed by atoms with Crippen LogP contribution in [0, 0.1) is 0 Å². The van der Waals surface area contributed by atoms with Gasteiger partial charge in [0, 0.05) is 53.8 Å². The van der Waals surface area contributed by atoms with Gasteiger partial charge in [-0.3, -0.25) is 4.90 Å². The first-order valence-electron chi connectivity index (χ1n) is 12.6. The zero-order valence-corrected chi connectivity index (χ0v) is 20.8. The monoisotopic (exact) mass is 521 g/mol. The third kappa shape index (κ3) is 6.70. The number of alkyl halides is 2. The number of aromatic amines is 1. The number of carbonyl (C=O) groups is 1. The third-order valence-electron chi connectivity index (χ3n) is 6.44. The molecule has 0 saturated carbocycles. The van der Waals surface area contributed by atoms with E-state index in [0.717, 1.165) is 42.3 Å². The molecule has 2 aromatic heterocycles. The lowest BCUT2D eigenvalue weighted by Crippen LogP contribution is -2.36. The molecule has 0 aliphatic carbocycles. The Kier molecular flexibility index (Phi) is 7.90. The standard InChI is InChI=1S/C28H29F2N5O3/c29-28(30,9-1-2-12-35-13-15-37-16-14-35)10-7-26(36)38-22-4-6-25-23(18-22)27(33-19-32-25)34-21-3-5-24-20(17-21)8-11-31-24/h3-8,10-11,17-19,31H,1-2,9,12-16H2,(H,32,33,34). The molecule has 8 nitrogen and oxygen atoms in total. The van der Waals surface area contributed by atoms with Crippen molar-refractivity contribution >= 4 is 39.3 Å². The lowest BCUT2D eigenvalue weighted by atomic mass is 10.1. The Morgan fingerprint density at radius 1 is 1.13 bits per heavy atom. The van der Waals surface area contributed by atoms with Crippen LogP contribution in [-0.4, -0.2) is 64.6 Å². The summed E-state index contributed by atoms with van der Waals surface area (Å²) in [6.07, 6.45) is 5.43. The van der Waals surface area contributed by atoms with Crippen LogP contribution in [0.25, 0.3) is 21.8 Å². The highest BCUT2D eigenvalue weighted by molar-refractivity contribution is 5.93. The molecule has 4 aromatic rings. The fourth-order valence-corrected chi connectivity index (χ4v) is 4.41. The average molecular weight is 522 g/mol. The fourth-order valence-electron chi connectivity index (χ4n) is 4.41. The zero-order chi connectivity index (χ0) is 26.4. The molecule has 2 aromatic carbocycles.